The summed E-state index contributed by atoms with van der Waals surface area (Å²) >= 11 is 0. The summed E-state index contributed by atoms with van der Waals surface area (Å²) in [5, 5.41) is 10.9. The van der Waals surface area contributed by atoms with Crippen LogP contribution in [-0.2, 0) is 0 Å². The van der Waals surface area contributed by atoms with E-state index in [9.17, 15) is 9.59 Å². The van der Waals surface area contributed by atoms with E-state index in [0.717, 1.165) is 70.2 Å². The van der Waals surface area contributed by atoms with Crippen LogP contribution < -0.4 is 10.6 Å². The average Bonchev–Trinajstić information content (AvgIpc) is 2.98. The molecule has 39 heavy (non-hydrogen) atoms. The molecule has 2 saturated carbocycles. The minimum Gasteiger partial charge on any atom is -0.349 e. The van der Waals surface area contributed by atoms with Crippen LogP contribution in [0.3, 0.4) is 0 Å². The fourth-order valence-corrected chi connectivity index (χ4v) is 6.93. The number of carbonyl (C=O) groups excluding carboxylic acids is 2. The van der Waals surface area contributed by atoms with E-state index in [-0.39, 0.29) is 23.9 Å². The van der Waals surface area contributed by atoms with Crippen LogP contribution in [-0.4, -0.2) is 23.9 Å². The van der Waals surface area contributed by atoms with Gasteiger partial charge >= 0.3 is 0 Å². The third kappa shape index (κ3) is 5.85. The summed E-state index contributed by atoms with van der Waals surface area (Å²) in [6.45, 7) is 0. The lowest BCUT2D eigenvalue weighted by molar-refractivity contribution is 0.0919. The van der Waals surface area contributed by atoms with Crippen molar-refractivity contribution in [2.45, 2.75) is 69.9 Å². The van der Waals surface area contributed by atoms with Gasteiger partial charge in [-0.3, -0.25) is 9.59 Å². The van der Waals surface area contributed by atoms with Crippen molar-refractivity contribution < 1.29 is 9.59 Å². The Labute approximate surface area is 231 Å². The average molecular weight is 519 g/mol. The third-order valence-corrected chi connectivity index (χ3v) is 9.10. The van der Waals surface area contributed by atoms with Crippen LogP contribution in [0.2, 0.25) is 0 Å². The maximum atomic E-state index is 13.0. The minimum atomic E-state index is 0.0547. The highest BCUT2D eigenvalue weighted by molar-refractivity contribution is 6.07. The highest BCUT2D eigenvalue weighted by Crippen LogP contribution is 2.36. The molecule has 0 atom stereocenters. The Morgan fingerprint density at radius 2 is 0.897 bits per heavy atom. The molecule has 6 rings (SSSR count). The van der Waals surface area contributed by atoms with Crippen molar-refractivity contribution in [1.29, 1.82) is 0 Å². The molecule has 2 fully saturated rings. The van der Waals surface area contributed by atoms with Crippen molar-refractivity contribution in [3.8, 4) is 0 Å². The second-order valence-electron chi connectivity index (χ2n) is 11.7. The van der Waals surface area contributed by atoms with E-state index < -0.39 is 0 Å². The molecule has 0 heterocycles. The Hall–Kier alpha value is -3.66. The second-order valence-corrected chi connectivity index (χ2v) is 11.7. The predicted molar refractivity (Wildman–Crippen MR) is 159 cm³/mol. The number of rotatable bonds is 6. The van der Waals surface area contributed by atoms with Crippen LogP contribution in [0, 0.1) is 11.8 Å². The van der Waals surface area contributed by atoms with Gasteiger partial charge in [-0.05, 0) is 103 Å². The third-order valence-electron chi connectivity index (χ3n) is 9.10. The monoisotopic (exact) mass is 518 g/mol. The van der Waals surface area contributed by atoms with E-state index in [4.69, 9.17) is 0 Å². The van der Waals surface area contributed by atoms with Gasteiger partial charge in [0.1, 0.15) is 0 Å². The zero-order valence-electron chi connectivity index (χ0n) is 22.6. The highest BCUT2D eigenvalue weighted by Gasteiger charge is 2.28. The Morgan fingerprint density at radius 1 is 0.513 bits per heavy atom. The lowest BCUT2D eigenvalue weighted by atomic mass is 9.75. The smallest absolute Gasteiger partial charge is 0.252 e. The molecule has 0 aliphatic heterocycles. The fourth-order valence-electron chi connectivity index (χ4n) is 6.93. The number of benzene rings is 4. The Bertz CT molecular complexity index is 1340. The number of hydrogen-bond acceptors (Lipinski definition) is 2. The highest BCUT2D eigenvalue weighted by atomic mass is 16.2. The summed E-state index contributed by atoms with van der Waals surface area (Å²) in [5.74, 6) is 1.61. The van der Waals surface area contributed by atoms with Crippen molar-refractivity contribution in [1.82, 2.24) is 10.6 Å². The molecule has 0 bridgehead atoms. The maximum Gasteiger partial charge on any atom is 0.252 e. The first-order valence-electron chi connectivity index (χ1n) is 14.7. The fraction of sp³-hybridized carbons (Fsp3) is 0.371. The van der Waals surface area contributed by atoms with Gasteiger partial charge in [0, 0.05) is 23.2 Å². The molecule has 4 aromatic carbocycles. The molecule has 4 nitrogen and oxygen atoms in total. The zero-order valence-corrected chi connectivity index (χ0v) is 22.6. The summed E-state index contributed by atoms with van der Waals surface area (Å²) in [5.41, 5.74) is 1.55. The second kappa shape index (κ2) is 11.6. The standard InChI is InChI=1S/C35H38N2O2/c38-34(32-13-5-9-26-7-1-3-11-30(26)32)36-28-19-15-24(16-20-28)23-25-17-21-29(22-18-25)37-35(39)33-14-6-10-27-8-2-4-12-31(27)33/h1-14,24-25,28-29H,15-23H2,(H,36,38)(H,37,39). The molecule has 200 valence electrons. The van der Waals surface area contributed by atoms with E-state index in [2.05, 4.69) is 34.9 Å². The van der Waals surface area contributed by atoms with E-state index in [1.165, 1.54) is 32.1 Å². The summed E-state index contributed by atoms with van der Waals surface area (Å²) in [6.07, 6.45) is 10.3. The van der Waals surface area contributed by atoms with Crippen LogP contribution in [0.5, 0.6) is 0 Å². The maximum absolute atomic E-state index is 13.0. The number of hydrogen-bond donors (Lipinski definition) is 2. The van der Waals surface area contributed by atoms with Gasteiger partial charge in [0.15, 0.2) is 0 Å². The summed E-state index contributed by atoms with van der Waals surface area (Å²) in [6, 6.07) is 28.7. The molecular weight excluding hydrogens is 480 g/mol. The molecule has 2 aliphatic carbocycles. The van der Waals surface area contributed by atoms with Gasteiger partial charge in [0.25, 0.3) is 11.8 Å². The Kier molecular flexibility index (Phi) is 7.62. The van der Waals surface area contributed by atoms with Crippen molar-refractivity contribution >= 4 is 33.4 Å². The summed E-state index contributed by atoms with van der Waals surface area (Å²) in [4.78, 5) is 26.1. The van der Waals surface area contributed by atoms with Gasteiger partial charge in [-0.15, -0.1) is 0 Å². The van der Waals surface area contributed by atoms with E-state index in [1.807, 2.05) is 60.7 Å². The number of carbonyl (C=O) groups is 2. The van der Waals surface area contributed by atoms with Crippen LogP contribution in [0.4, 0.5) is 0 Å². The van der Waals surface area contributed by atoms with Gasteiger partial charge < -0.3 is 10.6 Å². The largest absolute Gasteiger partial charge is 0.349 e. The van der Waals surface area contributed by atoms with Crippen molar-refractivity contribution in [3.63, 3.8) is 0 Å². The first-order chi connectivity index (χ1) is 19.1. The Morgan fingerprint density at radius 3 is 1.33 bits per heavy atom. The first kappa shape index (κ1) is 25.6. The van der Waals surface area contributed by atoms with Crippen LogP contribution in [0.15, 0.2) is 84.9 Å². The molecule has 4 heteroatoms. The van der Waals surface area contributed by atoms with Crippen LogP contribution in [0.1, 0.15) is 78.5 Å². The van der Waals surface area contributed by atoms with Crippen molar-refractivity contribution in [2.75, 3.05) is 0 Å². The van der Waals surface area contributed by atoms with Gasteiger partial charge in [-0.25, -0.2) is 0 Å². The predicted octanol–water partition coefficient (Wildman–Crippen LogP) is 7.66. The van der Waals surface area contributed by atoms with Gasteiger partial charge in [-0.2, -0.15) is 0 Å². The van der Waals surface area contributed by atoms with Gasteiger partial charge in [-0.1, -0.05) is 72.8 Å². The van der Waals surface area contributed by atoms with E-state index >= 15 is 0 Å². The molecule has 2 N–H and O–H groups in total. The number of fused-ring (bicyclic) bond motifs is 2. The van der Waals surface area contributed by atoms with Crippen molar-refractivity contribution in [3.05, 3.63) is 96.1 Å². The quantitative estimate of drug-likeness (QED) is 0.275. The van der Waals surface area contributed by atoms with E-state index in [0.29, 0.717) is 0 Å². The normalized spacial score (nSPS) is 23.4. The van der Waals surface area contributed by atoms with Crippen LogP contribution in [0.25, 0.3) is 21.5 Å². The van der Waals surface area contributed by atoms with Gasteiger partial charge in [0.2, 0.25) is 0 Å². The van der Waals surface area contributed by atoms with Gasteiger partial charge in [0.05, 0.1) is 0 Å². The summed E-state index contributed by atoms with van der Waals surface area (Å²) < 4.78 is 0. The summed E-state index contributed by atoms with van der Waals surface area (Å²) in [7, 11) is 0. The molecule has 0 radical (unpaired) electrons. The molecule has 0 aromatic heterocycles. The SMILES string of the molecule is O=C(NC1CCC(CC2CCC(NC(=O)c3cccc4ccccc34)CC2)CC1)c1cccc2ccccc12. The lowest BCUT2D eigenvalue weighted by Gasteiger charge is -2.34. The molecule has 0 saturated heterocycles. The molecular formula is C35H38N2O2. The zero-order chi connectivity index (χ0) is 26.6. The number of nitrogens with one attached hydrogen (secondary N) is 2. The molecule has 0 unspecified atom stereocenters. The first-order valence-corrected chi connectivity index (χ1v) is 14.7. The molecule has 4 aromatic rings. The molecule has 0 spiro atoms. The Balaban J connectivity index is 0.948. The molecule has 2 aliphatic rings. The topological polar surface area (TPSA) is 58.2 Å². The number of amides is 2. The van der Waals surface area contributed by atoms with E-state index in [1.54, 1.807) is 0 Å². The van der Waals surface area contributed by atoms with Crippen molar-refractivity contribution in [2.24, 2.45) is 11.8 Å². The van der Waals surface area contributed by atoms with Crippen LogP contribution >= 0.6 is 0 Å². The lowest BCUT2D eigenvalue weighted by Crippen LogP contribution is -2.39. The molecule has 2 amide bonds. The minimum absolute atomic E-state index is 0.0547.